The van der Waals surface area contributed by atoms with Crippen LogP contribution in [-0.4, -0.2) is 29.8 Å². The number of hydrogen-bond acceptors (Lipinski definition) is 2. The molecule has 1 aliphatic rings. The second kappa shape index (κ2) is 8.19. The second-order valence-corrected chi connectivity index (χ2v) is 22.0. The van der Waals surface area contributed by atoms with Gasteiger partial charge in [0.25, 0.3) is 0 Å². The van der Waals surface area contributed by atoms with Gasteiger partial charge in [0.05, 0.1) is 5.41 Å². The fourth-order valence-corrected chi connectivity index (χ4v) is 5.90. The molecule has 0 saturated carbocycles. The Labute approximate surface area is 196 Å². The van der Waals surface area contributed by atoms with Crippen LogP contribution in [0.15, 0.2) is 42.5 Å². The van der Waals surface area contributed by atoms with Gasteiger partial charge in [0.1, 0.15) is 5.82 Å². The van der Waals surface area contributed by atoms with Gasteiger partial charge in [0.15, 0.2) is 16.6 Å². The van der Waals surface area contributed by atoms with Crippen molar-refractivity contribution in [1.29, 1.82) is 0 Å². The zero-order valence-corrected chi connectivity index (χ0v) is 23.7. The molecule has 0 amide bonds. The van der Waals surface area contributed by atoms with E-state index in [2.05, 4.69) is 92.0 Å². The third-order valence-corrected chi connectivity index (χ3v) is 17.2. The third kappa shape index (κ3) is 4.41. The maximum absolute atomic E-state index is 14.6. The lowest BCUT2D eigenvalue weighted by atomic mass is 9.80. The maximum atomic E-state index is 14.6. The Kier molecular flexibility index (Phi) is 6.49. The standard InChI is InChI=1S/C27H41FO2Si2/c1-25(2,3)31(7,8)29-18-27(19-30-32(9,10)26(4,5)6)23-14-12-11-13-21(23)22-16-15-20(28)17-24(22)27/h11-17H,18-19H2,1-10H3. The Hall–Kier alpha value is -1.28. The predicted molar refractivity (Wildman–Crippen MR) is 139 cm³/mol. The molecule has 0 spiro atoms. The molecule has 0 saturated heterocycles. The van der Waals surface area contributed by atoms with E-state index in [1.807, 2.05) is 6.07 Å². The van der Waals surface area contributed by atoms with Crippen LogP contribution < -0.4 is 0 Å². The molecule has 0 aromatic heterocycles. The van der Waals surface area contributed by atoms with Crippen LogP contribution in [-0.2, 0) is 14.3 Å². The van der Waals surface area contributed by atoms with Crippen LogP contribution in [0.1, 0.15) is 52.7 Å². The van der Waals surface area contributed by atoms with Crippen molar-refractivity contribution in [3.63, 3.8) is 0 Å². The van der Waals surface area contributed by atoms with E-state index in [1.165, 1.54) is 11.1 Å². The van der Waals surface area contributed by atoms with Crippen LogP contribution in [0.5, 0.6) is 0 Å². The quantitative estimate of drug-likeness (QED) is 0.395. The lowest BCUT2D eigenvalue weighted by molar-refractivity contribution is 0.153. The Balaban J connectivity index is 2.14. The van der Waals surface area contributed by atoms with E-state index >= 15 is 0 Å². The van der Waals surface area contributed by atoms with Gasteiger partial charge in [-0.05, 0) is 70.7 Å². The summed E-state index contributed by atoms with van der Waals surface area (Å²) < 4.78 is 28.3. The first-order valence-electron chi connectivity index (χ1n) is 11.7. The molecule has 2 aromatic rings. The minimum Gasteiger partial charge on any atom is -0.415 e. The summed E-state index contributed by atoms with van der Waals surface area (Å²) in [5.74, 6) is -0.208. The molecule has 2 nitrogen and oxygen atoms in total. The fraction of sp³-hybridized carbons (Fsp3) is 0.556. The fourth-order valence-electron chi connectivity index (χ4n) is 3.82. The van der Waals surface area contributed by atoms with E-state index in [4.69, 9.17) is 8.85 Å². The number of rotatable bonds is 6. The summed E-state index contributed by atoms with van der Waals surface area (Å²) >= 11 is 0. The molecular formula is C27H41FO2Si2. The Morgan fingerprint density at radius 2 is 1.19 bits per heavy atom. The molecule has 3 rings (SSSR count). The van der Waals surface area contributed by atoms with Gasteiger partial charge >= 0.3 is 0 Å². The van der Waals surface area contributed by atoms with Gasteiger partial charge in [-0.2, -0.15) is 0 Å². The van der Waals surface area contributed by atoms with Crippen molar-refractivity contribution in [1.82, 2.24) is 0 Å². The molecule has 0 unspecified atom stereocenters. The minimum absolute atomic E-state index is 0.0946. The lowest BCUT2D eigenvalue weighted by Crippen LogP contribution is -2.49. The summed E-state index contributed by atoms with van der Waals surface area (Å²) in [4.78, 5) is 0. The third-order valence-electron chi connectivity index (χ3n) is 8.20. The van der Waals surface area contributed by atoms with Crippen LogP contribution in [0.25, 0.3) is 11.1 Å². The van der Waals surface area contributed by atoms with Crippen molar-refractivity contribution in [2.75, 3.05) is 13.2 Å². The van der Waals surface area contributed by atoms with Crippen LogP contribution >= 0.6 is 0 Å². The molecule has 0 aliphatic heterocycles. The Morgan fingerprint density at radius 1 is 0.719 bits per heavy atom. The van der Waals surface area contributed by atoms with Gasteiger partial charge in [0, 0.05) is 13.2 Å². The smallest absolute Gasteiger partial charge is 0.192 e. The van der Waals surface area contributed by atoms with Crippen molar-refractivity contribution in [2.24, 2.45) is 0 Å². The summed E-state index contributed by atoms with van der Waals surface area (Å²) in [7, 11) is -4.05. The molecule has 0 bridgehead atoms. The average molecular weight is 473 g/mol. The lowest BCUT2D eigenvalue weighted by Gasteiger charge is -2.43. The van der Waals surface area contributed by atoms with Gasteiger partial charge in [-0.15, -0.1) is 0 Å². The number of halogens is 1. The number of fused-ring (bicyclic) bond motifs is 3. The first-order valence-corrected chi connectivity index (χ1v) is 17.5. The molecule has 2 aromatic carbocycles. The van der Waals surface area contributed by atoms with Crippen LogP contribution in [0, 0.1) is 5.82 Å². The predicted octanol–water partition coefficient (Wildman–Crippen LogP) is 8.14. The second-order valence-electron chi connectivity index (χ2n) is 12.4. The van der Waals surface area contributed by atoms with E-state index < -0.39 is 22.0 Å². The first kappa shape index (κ1) is 25.3. The highest BCUT2D eigenvalue weighted by molar-refractivity contribution is 6.74. The molecule has 0 fully saturated rings. The molecule has 5 heteroatoms. The maximum Gasteiger partial charge on any atom is 0.192 e. The van der Waals surface area contributed by atoms with Crippen LogP contribution in [0.2, 0.25) is 36.3 Å². The first-order chi connectivity index (χ1) is 14.5. The summed E-state index contributed by atoms with van der Waals surface area (Å²) in [6, 6.07) is 13.7. The summed E-state index contributed by atoms with van der Waals surface area (Å²) in [6.07, 6.45) is 0. The van der Waals surface area contributed by atoms with Crippen LogP contribution in [0.4, 0.5) is 4.39 Å². The van der Waals surface area contributed by atoms with Gasteiger partial charge in [-0.3, -0.25) is 0 Å². The molecule has 0 radical (unpaired) electrons. The average Bonchev–Trinajstić information content (AvgIpc) is 2.93. The topological polar surface area (TPSA) is 18.5 Å². The van der Waals surface area contributed by atoms with Gasteiger partial charge in [0.2, 0.25) is 0 Å². The highest BCUT2D eigenvalue weighted by atomic mass is 28.4. The van der Waals surface area contributed by atoms with Crippen molar-refractivity contribution in [3.8, 4) is 11.1 Å². The Morgan fingerprint density at radius 3 is 1.69 bits per heavy atom. The van der Waals surface area contributed by atoms with Crippen molar-refractivity contribution >= 4 is 16.6 Å². The zero-order valence-electron chi connectivity index (χ0n) is 21.7. The van der Waals surface area contributed by atoms with Crippen molar-refractivity contribution in [2.45, 2.75) is 83.2 Å². The van der Waals surface area contributed by atoms with Gasteiger partial charge in [-0.1, -0.05) is 71.9 Å². The summed E-state index contributed by atoms with van der Waals surface area (Å²) in [6.45, 7) is 23.7. The molecule has 32 heavy (non-hydrogen) atoms. The van der Waals surface area contributed by atoms with E-state index in [9.17, 15) is 4.39 Å². The number of hydrogen-bond donors (Lipinski definition) is 0. The summed E-state index contributed by atoms with van der Waals surface area (Å²) in [5, 5.41) is 0.189. The molecule has 176 valence electrons. The highest BCUT2D eigenvalue weighted by Gasteiger charge is 2.49. The largest absolute Gasteiger partial charge is 0.415 e. The van der Waals surface area contributed by atoms with Crippen LogP contribution in [0.3, 0.4) is 0 Å². The van der Waals surface area contributed by atoms with Gasteiger partial charge in [-0.25, -0.2) is 4.39 Å². The zero-order chi connectivity index (χ0) is 24.2. The van der Waals surface area contributed by atoms with E-state index in [0.717, 1.165) is 11.1 Å². The molecular weight excluding hydrogens is 431 g/mol. The molecule has 0 N–H and O–H groups in total. The Bertz CT molecular complexity index is 954. The highest BCUT2D eigenvalue weighted by Crippen LogP contribution is 2.51. The van der Waals surface area contributed by atoms with E-state index in [-0.39, 0.29) is 15.9 Å². The molecule has 1 aliphatic carbocycles. The summed E-state index contributed by atoms with van der Waals surface area (Å²) in [5.41, 5.74) is 3.94. The van der Waals surface area contributed by atoms with Crippen molar-refractivity contribution in [3.05, 3.63) is 59.4 Å². The van der Waals surface area contributed by atoms with Gasteiger partial charge < -0.3 is 8.85 Å². The van der Waals surface area contributed by atoms with Crippen molar-refractivity contribution < 1.29 is 13.2 Å². The number of benzene rings is 2. The normalized spacial score (nSPS) is 16.1. The molecule has 0 atom stereocenters. The molecule has 0 heterocycles. The SMILES string of the molecule is CC(C)(C)[Si](C)(C)OCC1(CO[Si](C)(C)C(C)(C)C)c2ccccc2-c2ccc(F)cc21. The minimum atomic E-state index is -2.03. The van der Waals surface area contributed by atoms with E-state index in [0.29, 0.717) is 13.2 Å². The van der Waals surface area contributed by atoms with E-state index in [1.54, 1.807) is 12.1 Å². The monoisotopic (exact) mass is 472 g/mol.